The van der Waals surface area contributed by atoms with E-state index in [1.165, 1.54) is 6.42 Å². The Balaban J connectivity index is 2.46. The van der Waals surface area contributed by atoms with Crippen LogP contribution in [-0.4, -0.2) is 23.9 Å². The van der Waals surface area contributed by atoms with Crippen LogP contribution in [0.1, 0.15) is 26.2 Å². The number of piperidine rings is 1. The number of terminal acetylenes is 1. The molecule has 12 heavy (non-hydrogen) atoms. The second-order valence-corrected chi connectivity index (χ2v) is 3.27. The Hall–Kier alpha value is -0.970. The molecule has 0 aromatic rings. The van der Waals surface area contributed by atoms with Gasteiger partial charge in [-0.2, -0.15) is 0 Å². The zero-order chi connectivity index (χ0) is 8.97. The maximum absolute atomic E-state index is 11.5. The van der Waals surface area contributed by atoms with Gasteiger partial charge in [0, 0.05) is 13.1 Å². The highest BCUT2D eigenvalue weighted by Gasteiger charge is 2.19. The summed E-state index contributed by atoms with van der Waals surface area (Å²) < 4.78 is 0. The van der Waals surface area contributed by atoms with Crippen LogP contribution in [-0.2, 0) is 4.79 Å². The fourth-order valence-electron chi connectivity index (χ4n) is 1.46. The molecule has 1 rings (SSSR count). The molecule has 1 atom stereocenters. The lowest BCUT2D eigenvalue weighted by Gasteiger charge is -2.27. The van der Waals surface area contributed by atoms with E-state index in [4.69, 9.17) is 6.42 Å². The minimum atomic E-state index is -0.247. The summed E-state index contributed by atoms with van der Waals surface area (Å²) in [6.45, 7) is 3.58. The van der Waals surface area contributed by atoms with Crippen LogP contribution < -0.4 is 0 Å². The van der Waals surface area contributed by atoms with Gasteiger partial charge in [-0.15, -0.1) is 6.42 Å². The molecular formula is C10H15NO. The molecule has 2 heteroatoms. The van der Waals surface area contributed by atoms with Gasteiger partial charge < -0.3 is 4.90 Å². The van der Waals surface area contributed by atoms with Gasteiger partial charge in [0.2, 0.25) is 5.91 Å². The molecule has 1 fully saturated rings. The molecule has 1 unspecified atom stereocenters. The molecule has 66 valence electrons. The average molecular weight is 165 g/mol. The maximum Gasteiger partial charge on any atom is 0.237 e. The fraction of sp³-hybridized carbons (Fsp3) is 0.700. The van der Waals surface area contributed by atoms with Crippen LogP contribution >= 0.6 is 0 Å². The van der Waals surface area contributed by atoms with Crippen LogP contribution in [0.15, 0.2) is 0 Å². The van der Waals surface area contributed by atoms with Gasteiger partial charge in [-0.05, 0) is 26.2 Å². The first-order valence-corrected chi connectivity index (χ1v) is 4.50. The smallest absolute Gasteiger partial charge is 0.237 e. The standard InChI is InChI=1S/C10H15NO/c1-3-9(2)10(12)11-7-5-4-6-8-11/h1,9H,4-8H2,2H3. The monoisotopic (exact) mass is 165 g/mol. The Morgan fingerprint density at radius 1 is 1.42 bits per heavy atom. The van der Waals surface area contributed by atoms with Crippen LogP contribution in [0.3, 0.4) is 0 Å². The van der Waals surface area contributed by atoms with E-state index in [0.29, 0.717) is 0 Å². The lowest BCUT2D eigenvalue weighted by Crippen LogP contribution is -2.38. The lowest BCUT2D eigenvalue weighted by molar-refractivity contribution is -0.134. The molecule has 2 nitrogen and oxygen atoms in total. The van der Waals surface area contributed by atoms with Gasteiger partial charge >= 0.3 is 0 Å². The molecule has 1 amide bonds. The third-order valence-corrected chi connectivity index (χ3v) is 2.29. The van der Waals surface area contributed by atoms with Crippen LogP contribution in [0.4, 0.5) is 0 Å². The van der Waals surface area contributed by atoms with Crippen molar-refractivity contribution >= 4 is 5.91 Å². The second kappa shape index (κ2) is 4.15. The number of amides is 1. The van der Waals surface area contributed by atoms with Crippen molar-refractivity contribution in [2.75, 3.05) is 13.1 Å². The van der Waals surface area contributed by atoms with E-state index in [1.54, 1.807) is 6.92 Å². The van der Waals surface area contributed by atoms with Crippen molar-refractivity contribution in [2.45, 2.75) is 26.2 Å². The first kappa shape index (κ1) is 9.12. The number of likely N-dealkylation sites (tertiary alicyclic amines) is 1. The van der Waals surface area contributed by atoms with E-state index in [0.717, 1.165) is 25.9 Å². The Labute approximate surface area is 73.9 Å². The highest BCUT2D eigenvalue weighted by Crippen LogP contribution is 2.11. The van der Waals surface area contributed by atoms with Gasteiger partial charge in [-0.3, -0.25) is 4.79 Å². The molecular weight excluding hydrogens is 150 g/mol. The quantitative estimate of drug-likeness (QED) is 0.536. The molecule has 1 saturated heterocycles. The predicted octanol–water partition coefficient (Wildman–Crippen LogP) is 1.27. The van der Waals surface area contributed by atoms with Crippen molar-refractivity contribution in [1.29, 1.82) is 0 Å². The Bertz CT molecular complexity index is 198. The SMILES string of the molecule is C#CC(C)C(=O)N1CCCCC1. The van der Waals surface area contributed by atoms with Crippen LogP contribution in [0, 0.1) is 18.3 Å². The number of hydrogen-bond acceptors (Lipinski definition) is 1. The van der Waals surface area contributed by atoms with Crippen molar-refractivity contribution < 1.29 is 4.79 Å². The molecule has 0 N–H and O–H groups in total. The van der Waals surface area contributed by atoms with E-state index in [-0.39, 0.29) is 11.8 Å². The summed E-state index contributed by atoms with van der Waals surface area (Å²) in [5, 5.41) is 0. The summed E-state index contributed by atoms with van der Waals surface area (Å²) in [6, 6.07) is 0. The Kier molecular flexibility index (Phi) is 3.16. The van der Waals surface area contributed by atoms with E-state index in [1.807, 2.05) is 4.90 Å². The van der Waals surface area contributed by atoms with Gasteiger partial charge in [-0.25, -0.2) is 0 Å². The average Bonchev–Trinajstić information content (AvgIpc) is 2.17. The largest absolute Gasteiger partial charge is 0.342 e. The summed E-state index contributed by atoms with van der Waals surface area (Å²) >= 11 is 0. The highest BCUT2D eigenvalue weighted by atomic mass is 16.2. The third kappa shape index (κ3) is 2.01. The topological polar surface area (TPSA) is 20.3 Å². The molecule has 1 heterocycles. The first-order chi connectivity index (χ1) is 5.75. The molecule has 0 aromatic carbocycles. The molecule has 0 spiro atoms. The van der Waals surface area contributed by atoms with Crippen molar-refractivity contribution in [1.82, 2.24) is 4.90 Å². The summed E-state index contributed by atoms with van der Waals surface area (Å²) in [5.41, 5.74) is 0. The summed E-state index contributed by atoms with van der Waals surface area (Å²) in [4.78, 5) is 13.4. The minimum Gasteiger partial charge on any atom is -0.342 e. The number of rotatable bonds is 1. The number of carbonyl (C=O) groups excluding carboxylic acids is 1. The van der Waals surface area contributed by atoms with Crippen molar-refractivity contribution in [3.8, 4) is 12.3 Å². The van der Waals surface area contributed by atoms with E-state index >= 15 is 0 Å². The van der Waals surface area contributed by atoms with E-state index in [2.05, 4.69) is 5.92 Å². The Morgan fingerprint density at radius 3 is 2.50 bits per heavy atom. The normalized spacial score (nSPS) is 19.8. The maximum atomic E-state index is 11.5. The zero-order valence-electron chi connectivity index (χ0n) is 7.55. The number of hydrogen-bond donors (Lipinski definition) is 0. The van der Waals surface area contributed by atoms with Crippen molar-refractivity contribution in [2.24, 2.45) is 5.92 Å². The predicted molar refractivity (Wildman–Crippen MR) is 48.4 cm³/mol. The molecule has 0 aromatic heterocycles. The van der Waals surface area contributed by atoms with Gasteiger partial charge in [0.25, 0.3) is 0 Å². The number of carbonyl (C=O) groups is 1. The summed E-state index contributed by atoms with van der Waals surface area (Å²) in [5.74, 6) is 2.35. The third-order valence-electron chi connectivity index (χ3n) is 2.29. The molecule has 1 aliphatic heterocycles. The minimum absolute atomic E-state index is 0.122. The molecule has 0 bridgehead atoms. The molecule has 1 aliphatic rings. The summed E-state index contributed by atoms with van der Waals surface area (Å²) in [6.07, 6.45) is 8.68. The van der Waals surface area contributed by atoms with Gasteiger partial charge in [0.1, 0.15) is 0 Å². The second-order valence-electron chi connectivity index (χ2n) is 3.27. The molecule has 0 aliphatic carbocycles. The first-order valence-electron chi connectivity index (χ1n) is 4.50. The van der Waals surface area contributed by atoms with Crippen molar-refractivity contribution in [3.05, 3.63) is 0 Å². The van der Waals surface area contributed by atoms with E-state index in [9.17, 15) is 4.79 Å². The van der Waals surface area contributed by atoms with Crippen LogP contribution in [0.2, 0.25) is 0 Å². The highest BCUT2D eigenvalue weighted by molar-refractivity contribution is 5.81. The number of nitrogens with zero attached hydrogens (tertiary/aromatic N) is 1. The van der Waals surface area contributed by atoms with E-state index < -0.39 is 0 Å². The van der Waals surface area contributed by atoms with Gasteiger partial charge in [-0.1, -0.05) is 5.92 Å². The van der Waals surface area contributed by atoms with Crippen LogP contribution in [0.25, 0.3) is 0 Å². The zero-order valence-corrected chi connectivity index (χ0v) is 7.55. The van der Waals surface area contributed by atoms with Crippen molar-refractivity contribution in [3.63, 3.8) is 0 Å². The Morgan fingerprint density at radius 2 is 2.00 bits per heavy atom. The lowest BCUT2D eigenvalue weighted by atomic mass is 10.1. The molecule has 0 radical (unpaired) electrons. The molecule has 0 saturated carbocycles. The van der Waals surface area contributed by atoms with Gasteiger partial charge in [0.15, 0.2) is 0 Å². The fourth-order valence-corrected chi connectivity index (χ4v) is 1.46. The van der Waals surface area contributed by atoms with Gasteiger partial charge in [0.05, 0.1) is 5.92 Å². The van der Waals surface area contributed by atoms with Crippen LogP contribution in [0.5, 0.6) is 0 Å². The summed E-state index contributed by atoms with van der Waals surface area (Å²) in [7, 11) is 0.